The van der Waals surface area contributed by atoms with E-state index in [1.54, 1.807) is 4.90 Å². The molecule has 1 heterocycles. The highest BCUT2D eigenvalue weighted by Gasteiger charge is 2.20. The molecule has 0 saturated carbocycles. The van der Waals surface area contributed by atoms with Gasteiger partial charge in [0.2, 0.25) is 0 Å². The molecule has 0 spiro atoms. The summed E-state index contributed by atoms with van der Waals surface area (Å²) in [6.45, 7) is 7.34. The Balaban J connectivity index is 2.89. The Hall–Kier alpha value is -0.590. The third kappa shape index (κ3) is 4.47. The molecular formula is C12H18ClNO3S2. The molecule has 1 amide bonds. The highest BCUT2D eigenvalue weighted by Crippen LogP contribution is 2.24. The first-order chi connectivity index (χ1) is 8.79. The van der Waals surface area contributed by atoms with E-state index >= 15 is 0 Å². The topological polar surface area (TPSA) is 54.5 Å². The van der Waals surface area contributed by atoms with Crippen molar-refractivity contribution in [3.8, 4) is 0 Å². The molecule has 1 aromatic heterocycles. The quantitative estimate of drug-likeness (QED) is 0.755. The Morgan fingerprint density at radius 2 is 2.11 bits per heavy atom. The van der Waals surface area contributed by atoms with Crippen molar-refractivity contribution in [2.45, 2.75) is 31.4 Å². The van der Waals surface area contributed by atoms with Crippen molar-refractivity contribution in [1.82, 2.24) is 4.90 Å². The zero-order chi connectivity index (χ0) is 14.6. The monoisotopic (exact) mass is 323 g/mol. The molecule has 1 unspecified atom stereocenters. The minimum Gasteiger partial charge on any atom is -0.339 e. The van der Waals surface area contributed by atoms with Crippen molar-refractivity contribution < 1.29 is 13.2 Å². The Bertz CT molecular complexity index is 539. The third-order valence-corrected chi connectivity index (χ3v) is 6.00. The van der Waals surface area contributed by atoms with Crippen molar-refractivity contribution in [3.63, 3.8) is 0 Å². The van der Waals surface area contributed by atoms with Crippen LogP contribution in [0.2, 0.25) is 0 Å². The van der Waals surface area contributed by atoms with Crippen LogP contribution in [-0.4, -0.2) is 32.3 Å². The predicted molar refractivity (Wildman–Crippen MR) is 78.4 cm³/mol. The number of hydrogen-bond donors (Lipinski definition) is 0. The first-order valence-electron chi connectivity index (χ1n) is 6.12. The maximum Gasteiger partial charge on any atom is 0.270 e. The van der Waals surface area contributed by atoms with E-state index in [0.29, 0.717) is 24.6 Å². The number of carbonyl (C=O) groups is 1. The van der Waals surface area contributed by atoms with Crippen molar-refractivity contribution in [1.29, 1.82) is 0 Å². The predicted octanol–water partition coefficient (Wildman–Crippen LogP) is 3.18. The van der Waals surface area contributed by atoms with Gasteiger partial charge in [-0.3, -0.25) is 4.79 Å². The molecule has 4 nitrogen and oxygen atoms in total. The van der Waals surface area contributed by atoms with Gasteiger partial charge in [0, 0.05) is 29.2 Å². The highest BCUT2D eigenvalue weighted by molar-refractivity contribution is 8.15. The largest absolute Gasteiger partial charge is 0.339 e. The molecule has 7 heteroatoms. The average Bonchev–Trinajstić information content (AvgIpc) is 2.84. The number of thiophene rings is 1. The van der Waals surface area contributed by atoms with E-state index in [1.165, 1.54) is 11.4 Å². The Morgan fingerprint density at radius 1 is 1.47 bits per heavy atom. The molecule has 0 N–H and O–H groups in total. The van der Waals surface area contributed by atoms with Gasteiger partial charge in [0.25, 0.3) is 15.0 Å². The summed E-state index contributed by atoms with van der Waals surface area (Å²) in [5.41, 5.74) is 0.384. The summed E-state index contributed by atoms with van der Waals surface area (Å²) in [4.78, 5) is 14.0. The molecule has 0 aromatic carbocycles. The van der Waals surface area contributed by atoms with Crippen LogP contribution in [0.4, 0.5) is 0 Å². The summed E-state index contributed by atoms with van der Waals surface area (Å²) < 4.78 is 22.4. The number of halogens is 1. The molecule has 108 valence electrons. The van der Waals surface area contributed by atoms with Crippen LogP contribution in [0.25, 0.3) is 0 Å². The number of amides is 1. The average molecular weight is 324 g/mol. The van der Waals surface area contributed by atoms with E-state index in [0.717, 1.165) is 17.8 Å². The van der Waals surface area contributed by atoms with Gasteiger partial charge in [0.1, 0.15) is 4.21 Å². The van der Waals surface area contributed by atoms with Crippen LogP contribution in [0, 0.1) is 5.92 Å². The van der Waals surface area contributed by atoms with Crippen molar-refractivity contribution in [2.75, 3.05) is 13.1 Å². The lowest BCUT2D eigenvalue weighted by atomic mass is 10.1. The zero-order valence-electron chi connectivity index (χ0n) is 11.2. The van der Waals surface area contributed by atoms with E-state index in [-0.39, 0.29) is 10.1 Å². The molecule has 0 aliphatic heterocycles. The van der Waals surface area contributed by atoms with Crippen LogP contribution in [0.1, 0.15) is 37.6 Å². The van der Waals surface area contributed by atoms with Gasteiger partial charge in [0.05, 0.1) is 5.56 Å². The number of rotatable bonds is 6. The summed E-state index contributed by atoms with van der Waals surface area (Å²) in [5.74, 6) is 0.268. The molecule has 0 radical (unpaired) electrons. The van der Waals surface area contributed by atoms with Crippen LogP contribution in [-0.2, 0) is 9.05 Å². The number of nitrogens with zero attached hydrogens (tertiary/aromatic N) is 1. The van der Waals surface area contributed by atoms with Gasteiger partial charge in [-0.05, 0) is 18.9 Å². The van der Waals surface area contributed by atoms with Gasteiger partial charge >= 0.3 is 0 Å². The number of carbonyl (C=O) groups excluding carboxylic acids is 1. The van der Waals surface area contributed by atoms with E-state index in [1.807, 2.05) is 6.92 Å². The van der Waals surface area contributed by atoms with Gasteiger partial charge in [0.15, 0.2) is 0 Å². The Kier molecular flexibility index (Phi) is 5.82. The van der Waals surface area contributed by atoms with E-state index in [9.17, 15) is 13.2 Å². The first-order valence-corrected chi connectivity index (χ1v) is 9.30. The van der Waals surface area contributed by atoms with Gasteiger partial charge in [-0.1, -0.05) is 20.3 Å². The molecule has 0 fully saturated rings. The van der Waals surface area contributed by atoms with Crippen LogP contribution in [0.5, 0.6) is 0 Å². The second kappa shape index (κ2) is 6.72. The minimum absolute atomic E-state index is 0.0112. The smallest absolute Gasteiger partial charge is 0.270 e. The standard InChI is InChI=1S/C12H18ClNO3S2/c1-4-9(3)7-14(5-2)12(15)10-6-11(18-8-10)19(13,16)17/h6,8-9H,4-5,7H2,1-3H3. The fourth-order valence-corrected chi connectivity index (χ4v) is 3.54. The second-order valence-corrected chi connectivity index (χ2v) is 8.15. The summed E-state index contributed by atoms with van der Waals surface area (Å²) in [6.07, 6.45) is 0.995. The number of hydrogen-bond acceptors (Lipinski definition) is 4. The summed E-state index contributed by atoms with van der Waals surface area (Å²) in [5, 5.41) is 1.54. The molecule has 1 rings (SSSR count). The molecule has 0 saturated heterocycles. The Labute approximate surface area is 122 Å². The highest BCUT2D eigenvalue weighted by atomic mass is 35.7. The summed E-state index contributed by atoms with van der Waals surface area (Å²) in [6, 6.07) is 1.34. The molecule has 1 atom stereocenters. The lowest BCUT2D eigenvalue weighted by molar-refractivity contribution is 0.0741. The summed E-state index contributed by atoms with van der Waals surface area (Å²) >= 11 is 0.970. The van der Waals surface area contributed by atoms with Gasteiger partial charge < -0.3 is 4.90 Å². The SMILES string of the molecule is CCC(C)CN(CC)C(=O)c1csc(S(=O)(=O)Cl)c1. The summed E-state index contributed by atoms with van der Waals surface area (Å²) in [7, 11) is 1.50. The van der Waals surface area contributed by atoms with Crippen LogP contribution >= 0.6 is 22.0 Å². The van der Waals surface area contributed by atoms with Crippen LogP contribution in [0.3, 0.4) is 0 Å². The maximum atomic E-state index is 12.3. The normalized spacial score (nSPS) is 13.3. The van der Waals surface area contributed by atoms with E-state index < -0.39 is 9.05 Å². The van der Waals surface area contributed by atoms with Crippen molar-refractivity contribution in [2.24, 2.45) is 5.92 Å². The second-order valence-electron chi connectivity index (χ2n) is 4.45. The lowest BCUT2D eigenvalue weighted by Gasteiger charge is -2.23. The van der Waals surface area contributed by atoms with Gasteiger partial charge in [-0.2, -0.15) is 0 Å². The minimum atomic E-state index is -3.76. The Morgan fingerprint density at radius 3 is 2.53 bits per heavy atom. The van der Waals surface area contributed by atoms with Gasteiger partial charge in [-0.15, -0.1) is 11.3 Å². The van der Waals surface area contributed by atoms with Crippen LogP contribution in [0.15, 0.2) is 15.7 Å². The van der Waals surface area contributed by atoms with E-state index in [4.69, 9.17) is 10.7 Å². The fourth-order valence-electron chi connectivity index (χ4n) is 1.60. The van der Waals surface area contributed by atoms with Crippen molar-refractivity contribution >= 4 is 37.0 Å². The molecule has 19 heavy (non-hydrogen) atoms. The molecule has 0 bridgehead atoms. The molecule has 0 aliphatic rings. The lowest BCUT2D eigenvalue weighted by Crippen LogP contribution is -2.34. The fraction of sp³-hybridized carbons (Fsp3) is 0.583. The zero-order valence-corrected chi connectivity index (χ0v) is 13.6. The molecule has 1 aromatic rings. The third-order valence-electron chi connectivity index (χ3n) is 2.96. The van der Waals surface area contributed by atoms with E-state index in [2.05, 4.69) is 13.8 Å². The first kappa shape index (κ1) is 16.5. The van der Waals surface area contributed by atoms with Gasteiger partial charge in [-0.25, -0.2) is 8.42 Å². The van der Waals surface area contributed by atoms with Crippen LogP contribution < -0.4 is 0 Å². The molecular weight excluding hydrogens is 306 g/mol. The van der Waals surface area contributed by atoms with Crippen molar-refractivity contribution in [3.05, 3.63) is 17.0 Å². The maximum absolute atomic E-state index is 12.3. The molecule has 0 aliphatic carbocycles.